The Balaban J connectivity index is 2.01. The van der Waals surface area contributed by atoms with Crippen LogP contribution >= 0.6 is 0 Å². The highest BCUT2D eigenvalue weighted by atomic mass is 16.3. The van der Waals surface area contributed by atoms with Crippen LogP contribution in [0.4, 0.5) is 0 Å². The van der Waals surface area contributed by atoms with Crippen molar-refractivity contribution in [3.05, 3.63) is 53.3 Å². The van der Waals surface area contributed by atoms with Gasteiger partial charge in [-0.15, -0.1) is 0 Å². The number of hydrogen-bond donors (Lipinski definition) is 3. The van der Waals surface area contributed by atoms with Gasteiger partial charge < -0.3 is 15.5 Å². The number of carbonyl (C=O) groups excluding carboxylic acids is 1. The Labute approximate surface area is 110 Å². The van der Waals surface area contributed by atoms with Crippen LogP contribution in [0.1, 0.15) is 21.6 Å². The van der Waals surface area contributed by atoms with Crippen molar-refractivity contribution < 1.29 is 15.0 Å². The molecule has 2 rings (SSSR count). The van der Waals surface area contributed by atoms with Crippen LogP contribution in [0.3, 0.4) is 0 Å². The highest BCUT2D eigenvalue weighted by molar-refractivity contribution is 5.94. The SMILES string of the molecule is Cc1ccc(CNC(=O)c2ccc(O)c(O)c2)cn1. The van der Waals surface area contributed by atoms with Gasteiger partial charge in [-0.25, -0.2) is 0 Å². The predicted octanol–water partition coefficient (Wildman–Crippen LogP) is 1.73. The molecule has 3 N–H and O–H groups in total. The summed E-state index contributed by atoms with van der Waals surface area (Å²) in [7, 11) is 0. The molecule has 1 heterocycles. The molecule has 0 aliphatic carbocycles. The summed E-state index contributed by atoms with van der Waals surface area (Å²) in [5.41, 5.74) is 2.09. The number of carbonyl (C=O) groups is 1. The van der Waals surface area contributed by atoms with Gasteiger partial charge in [0, 0.05) is 24.0 Å². The highest BCUT2D eigenvalue weighted by Gasteiger charge is 2.08. The van der Waals surface area contributed by atoms with E-state index in [9.17, 15) is 9.90 Å². The fourth-order valence-corrected chi connectivity index (χ4v) is 1.55. The van der Waals surface area contributed by atoms with Crippen molar-refractivity contribution in [2.75, 3.05) is 0 Å². The third-order valence-corrected chi connectivity index (χ3v) is 2.66. The maximum Gasteiger partial charge on any atom is 0.251 e. The number of phenolic OH excluding ortho intramolecular Hbond substituents is 2. The van der Waals surface area contributed by atoms with Crippen molar-refractivity contribution in [1.29, 1.82) is 0 Å². The van der Waals surface area contributed by atoms with Gasteiger partial charge in [0.25, 0.3) is 5.91 Å². The molecule has 0 saturated carbocycles. The van der Waals surface area contributed by atoms with E-state index in [-0.39, 0.29) is 23.0 Å². The Kier molecular flexibility index (Phi) is 3.66. The van der Waals surface area contributed by atoms with E-state index in [1.165, 1.54) is 18.2 Å². The van der Waals surface area contributed by atoms with Crippen LogP contribution in [0.25, 0.3) is 0 Å². The van der Waals surface area contributed by atoms with Crippen LogP contribution in [-0.4, -0.2) is 21.1 Å². The van der Waals surface area contributed by atoms with E-state index in [1.807, 2.05) is 19.1 Å². The third-order valence-electron chi connectivity index (χ3n) is 2.66. The number of nitrogens with zero attached hydrogens (tertiary/aromatic N) is 1. The maximum absolute atomic E-state index is 11.8. The molecular weight excluding hydrogens is 244 g/mol. The number of phenols is 2. The Hall–Kier alpha value is -2.56. The molecule has 0 fully saturated rings. The summed E-state index contributed by atoms with van der Waals surface area (Å²) in [5, 5.41) is 21.2. The summed E-state index contributed by atoms with van der Waals surface area (Å²) in [4.78, 5) is 16.0. The van der Waals surface area contributed by atoms with Crippen LogP contribution in [0.5, 0.6) is 11.5 Å². The number of aromatic nitrogens is 1. The van der Waals surface area contributed by atoms with Gasteiger partial charge in [-0.1, -0.05) is 6.07 Å². The average molecular weight is 258 g/mol. The molecule has 1 aromatic carbocycles. The molecule has 2 aromatic rings. The van der Waals surface area contributed by atoms with Crippen molar-refractivity contribution in [1.82, 2.24) is 10.3 Å². The molecule has 0 aliphatic heterocycles. The summed E-state index contributed by atoms with van der Waals surface area (Å²) in [5.74, 6) is -0.889. The van der Waals surface area contributed by atoms with Crippen LogP contribution in [0.15, 0.2) is 36.5 Å². The second-order valence-electron chi connectivity index (χ2n) is 4.19. The van der Waals surface area contributed by atoms with Crippen LogP contribution < -0.4 is 5.32 Å². The highest BCUT2D eigenvalue weighted by Crippen LogP contribution is 2.24. The smallest absolute Gasteiger partial charge is 0.251 e. The van der Waals surface area contributed by atoms with Gasteiger partial charge >= 0.3 is 0 Å². The molecule has 1 amide bonds. The largest absolute Gasteiger partial charge is 0.504 e. The van der Waals surface area contributed by atoms with Crippen molar-refractivity contribution in [2.45, 2.75) is 13.5 Å². The summed E-state index contributed by atoms with van der Waals surface area (Å²) in [6, 6.07) is 7.69. The van der Waals surface area contributed by atoms with Crippen molar-refractivity contribution in [3.8, 4) is 11.5 Å². The van der Waals surface area contributed by atoms with Crippen LogP contribution in [-0.2, 0) is 6.54 Å². The quantitative estimate of drug-likeness (QED) is 0.732. The van der Waals surface area contributed by atoms with E-state index in [1.54, 1.807) is 6.20 Å². The van der Waals surface area contributed by atoms with Crippen molar-refractivity contribution in [2.24, 2.45) is 0 Å². The number of amides is 1. The van der Waals surface area contributed by atoms with Gasteiger partial charge in [-0.2, -0.15) is 0 Å². The van der Waals surface area contributed by atoms with E-state index < -0.39 is 0 Å². The lowest BCUT2D eigenvalue weighted by atomic mass is 10.2. The van der Waals surface area contributed by atoms with Crippen molar-refractivity contribution >= 4 is 5.91 Å². The number of hydrogen-bond acceptors (Lipinski definition) is 4. The van der Waals surface area contributed by atoms with Gasteiger partial charge in [0.05, 0.1) is 0 Å². The zero-order chi connectivity index (χ0) is 13.8. The Bertz CT molecular complexity index is 594. The van der Waals surface area contributed by atoms with E-state index in [0.717, 1.165) is 11.3 Å². The molecule has 98 valence electrons. The minimum absolute atomic E-state index is 0.251. The molecule has 5 nitrogen and oxygen atoms in total. The zero-order valence-corrected chi connectivity index (χ0v) is 10.4. The molecule has 0 spiro atoms. The third kappa shape index (κ3) is 3.22. The number of aromatic hydroxyl groups is 2. The summed E-state index contributed by atoms with van der Waals surface area (Å²) < 4.78 is 0. The first-order valence-corrected chi connectivity index (χ1v) is 5.78. The number of rotatable bonds is 3. The van der Waals surface area contributed by atoms with Gasteiger partial charge in [0.2, 0.25) is 0 Å². The van der Waals surface area contributed by atoms with Gasteiger partial charge in [-0.05, 0) is 36.8 Å². The molecule has 19 heavy (non-hydrogen) atoms. The van der Waals surface area contributed by atoms with Crippen LogP contribution in [0, 0.1) is 6.92 Å². The Morgan fingerprint density at radius 1 is 1.21 bits per heavy atom. The Morgan fingerprint density at radius 3 is 2.63 bits per heavy atom. The molecule has 1 aromatic heterocycles. The average Bonchev–Trinajstić information content (AvgIpc) is 2.41. The summed E-state index contributed by atoms with van der Waals surface area (Å²) in [6.45, 7) is 2.25. The molecular formula is C14H14N2O3. The second kappa shape index (κ2) is 5.39. The molecule has 0 atom stereocenters. The molecule has 0 unspecified atom stereocenters. The van der Waals surface area contributed by atoms with E-state index in [4.69, 9.17) is 5.11 Å². The molecule has 0 bridgehead atoms. The maximum atomic E-state index is 11.8. The fourth-order valence-electron chi connectivity index (χ4n) is 1.55. The summed E-state index contributed by atoms with van der Waals surface area (Å²) >= 11 is 0. The zero-order valence-electron chi connectivity index (χ0n) is 10.4. The number of benzene rings is 1. The first-order chi connectivity index (χ1) is 9.06. The number of nitrogens with one attached hydrogen (secondary N) is 1. The fraction of sp³-hybridized carbons (Fsp3) is 0.143. The topological polar surface area (TPSA) is 82.5 Å². The molecule has 0 saturated heterocycles. The lowest BCUT2D eigenvalue weighted by molar-refractivity contribution is 0.0950. The molecule has 0 aliphatic rings. The first kappa shape index (κ1) is 12.9. The molecule has 5 heteroatoms. The van der Waals surface area contributed by atoms with Crippen LogP contribution in [0.2, 0.25) is 0 Å². The van der Waals surface area contributed by atoms with Gasteiger partial charge in [0.1, 0.15) is 0 Å². The van der Waals surface area contributed by atoms with E-state index in [0.29, 0.717) is 6.54 Å². The number of pyridine rings is 1. The first-order valence-electron chi connectivity index (χ1n) is 5.78. The lowest BCUT2D eigenvalue weighted by Gasteiger charge is -2.06. The molecule has 0 radical (unpaired) electrons. The lowest BCUT2D eigenvalue weighted by Crippen LogP contribution is -2.22. The monoisotopic (exact) mass is 258 g/mol. The minimum Gasteiger partial charge on any atom is -0.504 e. The van der Waals surface area contributed by atoms with Gasteiger partial charge in [0.15, 0.2) is 11.5 Å². The summed E-state index contributed by atoms with van der Waals surface area (Å²) in [6.07, 6.45) is 1.70. The predicted molar refractivity (Wildman–Crippen MR) is 69.9 cm³/mol. The van der Waals surface area contributed by atoms with Crippen molar-refractivity contribution in [3.63, 3.8) is 0 Å². The van der Waals surface area contributed by atoms with E-state index in [2.05, 4.69) is 10.3 Å². The van der Waals surface area contributed by atoms with Gasteiger partial charge in [-0.3, -0.25) is 9.78 Å². The standard InChI is InChI=1S/C14H14N2O3/c1-9-2-3-10(7-15-9)8-16-14(19)11-4-5-12(17)13(18)6-11/h2-7,17-18H,8H2,1H3,(H,16,19). The second-order valence-corrected chi connectivity index (χ2v) is 4.19. The minimum atomic E-state index is -0.323. The van der Waals surface area contributed by atoms with E-state index >= 15 is 0 Å². The normalized spacial score (nSPS) is 10.2. The Morgan fingerprint density at radius 2 is 2.00 bits per heavy atom. The number of aryl methyl sites for hydroxylation is 1.